The first kappa shape index (κ1) is 13.9. The van der Waals surface area contributed by atoms with Crippen molar-refractivity contribution in [1.29, 1.82) is 0 Å². The number of aryl methyl sites for hydroxylation is 1. The summed E-state index contributed by atoms with van der Waals surface area (Å²) >= 11 is 1.85. The highest BCUT2D eigenvalue weighted by atomic mass is 32.1. The zero-order valence-corrected chi connectivity index (χ0v) is 12.7. The third kappa shape index (κ3) is 3.00. The lowest BCUT2D eigenvalue weighted by molar-refractivity contribution is -0.131. The lowest BCUT2D eigenvalue weighted by Gasteiger charge is -2.29. The van der Waals surface area contributed by atoms with Crippen molar-refractivity contribution in [3.05, 3.63) is 57.3 Å². The van der Waals surface area contributed by atoms with Gasteiger partial charge in [0.15, 0.2) is 0 Å². The van der Waals surface area contributed by atoms with Crippen molar-refractivity contribution in [2.75, 3.05) is 11.4 Å². The summed E-state index contributed by atoms with van der Waals surface area (Å²) in [6, 6.07) is 8.42. The lowest BCUT2D eigenvalue weighted by atomic mass is 10.0. The highest BCUT2D eigenvalue weighted by Gasteiger charge is 2.17. The molecular formula is C17H17NO2S. The van der Waals surface area contributed by atoms with Crippen LogP contribution in [0.3, 0.4) is 0 Å². The third-order valence-electron chi connectivity index (χ3n) is 3.83. The number of carboxylic acid groups (broad SMARTS) is 1. The van der Waals surface area contributed by atoms with Gasteiger partial charge in [-0.05, 0) is 59.7 Å². The molecule has 108 valence electrons. The van der Waals surface area contributed by atoms with Crippen molar-refractivity contribution in [2.45, 2.75) is 19.9 Å². The second-order valence-corrected chi connectivity index (χ2v) is 6.25. The summed E-state index contributed by atoms with van der Waals surface area (Å²) < 4.78 is 0. The molecule has 3 nitrogen and oxygen atoms in total. The normalized spacial score (nSPS) is 14.4. The molecule has 2 heterocycles. The average Bonchev–Trinajstić information content (AvgIpc) is 2.93. The van der Waals surface area contributed by atoms with Crippen molar-refractivity contribution in [2.24, 2.45) is 0 Å². The van der Waals surface area contributed by atoms with E-state index < -0.39 is 5.97 Å². The predicted octanol–water partition coefficient (Wildman–Crippen LogP) is 3.72. The molecule has 0 saturated carbocycles. The number of hydrogen-bond acceptors (Lipinski definition) is 3. The fourth-order valence-corrected chi connectivity index (χ4v) is 3.56. The Balaban J connectivity index is 1.81. The number of carboxylic acids is 1. The molecule has 1 N–H and O–H groups in total. The number of fused-ring (bicyclic) bond motifs is 1. The van der Waals surface area contributed by atoms with E-state index in [-0.39, 0.29) is 0 Å². The van der Waals surface area contributed by atoms with Gasteiger partial charge in [-0.2, -0.15) is 0 Å². The number of anilines is 1. The summed E-state index contributed by atoms with van der Waals surface area (Å²) in [6.07, 6.45) is 3.93. The quantitative estimate of drug-likeness (QED) is 0.878. The van der Waals surface area contributed by atoms with Crippen molar-refractivity contribution in [3.8, 4) is 0 Å². The average molecular weight is 299 g/mol. The van der Waals surface area contributed by atoms with Crippen molar-refractivity contribution >= 4 is 29.1 Å². The summed E-state index contributed by atoms with van der Waals surface area (Å²) in [4.78, 5) is 14.5. The maximum absolute atomic E-state index is 10.6. The molecule has 1 aromatic heterocycles. The van der Waals surface area contributed by atoms with Crippen LogP contribution in [-0.2, 0) is 17.8 Å². The number of carbonyl (C=O) groups is 1. The van der Waals surface area contributed by atoms with Crippen LogP contribution in [0.4, 0.5) is 5.69 Å². The summed E-state index contributed by atoms with van der Waals surface area (Å²) in [5, 5.41) is 10.9. The summed E-state index contributed by atoms with van der Waals surface area (Å²) in [5.41, 5.74) is 4.69. The van der Waals surface area contributed by atoms with E-state index in [4.69, 9.17) is 5.11 Å². The van der Waals surface area contributed by atoms with Crippen LogP contribution in [0.1, 0.15) is 21.6 Å². The molecule has 0 aliphatic carbocycles. The Hall–Kier alpha value is -2.07. The van der Waals surface area contributed by atoms with Gasteiger partial charge in [0.2, 0.25) is 0 Å². The minimum Gasteiger partial charge on any atom is -0.478 e. The van der Waals surface area contributed by atoms with Gasteiger partial charge in [-0.1, -0.05) is 6.07 Å². The molecule has 4 heteroatoms. The number of hydrogen-bond donors (Lipinski definition) is 1. The number of rotatable bonds is 3. The predicted molar refractivity (Wildman–Crippen MR) is 86.9 cm³/mol. The van der Waals surface area contributed by atoms with Gasteiger partial charge < -0.3 is 10.0 Å². The zero-order valence-electron chi connectivity index (χ0n) is 11.9. The highest BCUT2D eigenvalue weighted by Crippen LogP contribution is 2.29. The Morgan fingerprint density at radius 2 is 2.24 bits per heavy atom. The van der Waals surface area contributed by atoms with Gasteiger partial charge in [-0.25, -0.2) is 4.79 Å². The van der Waals surface area contributed by atoms with Crippen LogP contribution in [0, 0.1) is 6.92 Å². The molecule has 0 spiro atoms. The van der Waals surface area contributed by atoms with Crippen molar-refractivity contribution in [3.63, 3.8) is 0 Å². The Morgan fingerprint density at radius 1 is 1.38 bits per heavy atom. The minimum absolute atomic E-state index is 0.917. The molecule has 0 saturated heterocycles. The summed E-state index contributed by atoms with van der Waals surface area (Å²) in [5.74, 6) is -0.917. The van der Waals surface area contributed by atoms with Crippen LogP contribution in [0.25, 0.3) is 6.08 Å². The second-order valence-electron chi connectivity index (χ2n) is 5.25. The van der Waals surface area contributed by atoms with Gasteiger partial charge in [-0.15, -0.1) is 11.3 Å². The van der Waals surface area contributed by atoms with Crippen LogP contribution < -0.4 is 4.90 Å². The molecule has 21 heavy (non-hydrogen) atoms. The molecule has 1 aromatic carbocycles. The van der Waals surface area contributed by atoms with Crippen LogP contribution in [-0.4, -0.2) is 17.6 Å². The van der Waals surface area contributed by atoms with Crippen LogP contribution >= 0.6 is 11.3 Å². The second kappa shape index (κ2) is 5.74. The summed E-state index contributed by atoms with van der Waals surface area (Å²) in [7, 11) is 0. The van der Waals surface area contributed by atoms with Crippen LogP contribution in [0.5, 0.6) is 0 Å². The van der Waals surface area contributed by atoms with Gasteiger partial charge in [-0.3, -0.25) is 0 Å². The molecule has 0 radical (unpaired) electrons. The first-order valence-corrected chi connectivity index (χ1v) is 7.83. The van der Waals surface area contributed by atoms with E-state index in [1.807, 2.05) is 24.3 Å². The molecule has 0 fully saturated rings. The van der Waals surface area contributed by atoms with E-state index in [0.717, 1.165) is 30.6 Å². The highest BCUT2D eigenvalue weighted by molar-refractivity contribution is 7.10. The third-order valence-corrected chi connectivity index (χ3v) is 4.85. The fourth-order valence-electron chi connectivity index (χ4n) is 2.67. The van der Waals surface area contributed by atoms with Crippen LogP contribution in [0.2, 0.25) is 0 Å². The van der Waals surface area contributed by atoms with E-state index in [9.17, 15) is 4.79 Å². The Morgan fingerprint density at radius 3 is 3.00 bits per heavy atom. The minimum atomic E-state index is -0.917. The molecule has 2 aromatic rings. The number of thiophene rings is 1. The van der Waals surface area contributed by atoms with Gasteiger partial charge >= 0.3 is 5.97 Å². The zero-order chi connectivity index (χ0) is 14.8. The van der Waals surface area contributed by atoms with Crippen molar-refractivity contribution in [1.82, 2.24) is 0 Å². The van der Waals surface area contributed by atoms with Crippen LogP contribution in [0.15, 0.2) is 35.7 Å². The van der Waals surface area contributed by atoms with Gasteiger partial charge in [0.25, 0.3) is 0 Å². The van der Waals surface area contributed by atoms with Gasteiger partial charge in [0.05, 0.1) is 0 Å². The topological polar surface area (TPSA) is 40.5 Å². The monoisotopic (exact) mass is 299 g/mol. The van der Waals surface area contributed by atoms with E-state index in [1.165, 1.54) is 22.2 Å². The number of nitrogens with zero attached hydrogens (tertiary/aromatic N) is 1. The standard InChI is InChI=1S/C17H17NO2S/c1-12-10-15(4-2-13(12)3-5-17(19)20)18-8-6-16-14(11-18)7-9-21-16/h2-5,7,9-10H,6,8,11H2,1H3,(H,19,20). The Kier molecular flexibility index (Phi) is 3.80. The summed E-state index contributed by atoms with van der Waals surface area (Å²) in [6.45, 7) is 4.02. The lowest BCUT2D eigenvalue weighted by Crippen LogP contribution is -2.29. The Labute approximate surface area is 128 Å². The smallest absolute Gasteiger partial charge is 0.328 e. The molecule has 1 aliphatic rings. The maximum Gasteiger partial charge on any atom is 0.328 e. The largest absolute Gasteiger partial charge is 0.478 e. The maximum atomic E-state index is 10.6. The van der Waals surface area contributed by atoms with E-state index in [0.29, 0.717) is 0 Å². The number of benzene rings is 1. The molecule has 0 atom stereocenters. The molecule has 0 amide bonds. The molecular weight excluding hydrogens is 282 g/mol. The van der Waals surface area contributed by atoms with Crippen molar-refractivity contribution < 1.29 is 9.90 Å². The molecule has 0 bridgehead atoms. The first-order valence-electron chi connectivity index (χ1n) is 6.95. The first-order chi connectivity index (χ1) is 10.1. The van der Waals surface area contributed by atoms with Gasteiger partial charge in [0.1, 0.15) is 0 Å². The SMILES string of the molecule is Cc1cc(N2CCc3sccc3C2)ccc1C=CC(=O)O. The molecule has 3 rings (SSSR count). The van der Waals surface area contributed by atoms with E-state index in [2.05, 4.69) is 28.5 Å². The van der Waals surface area contributed by atoms with Gasteiger partial charge in [0, 0.05) is 29.7 Å². The Bertz CT molecular complexity index is 703. The molecule has 1 aliphatic heterocycles. The number of aliphatic carboxylic acids is 1. The fraction of sp³-hybridized carbons (Fsp3) is 0.235. The molecule has 0 unspecified atom stereocenters. The van der Waals surface area contributed by atoms with E-state index in [1.54, 1.807) is 6.08 Å². The van der Waals surface area contributed by atoms with E-state index >= 15 is 0 Å².